The van der Waals surface area contributed by atoms with Crippen LogP contribution in [0.25, 0.3) is 0 Å². The maximum atomic E-state index is 13.6. The molecule has 6 nitrogen and oxygen atoms in total. The Morgan fingerprint density at radius 3 is 2.83 bits per heavy atom. The van der Waals surface area contributed by atoms with Gasteiger partial charge < -0.3 is 4.90 Å². The van der Waals surface area contributed by atoms with Crippen molar-refractivity contribution in [2.75, 3.05) is 12.0 Å². The Morgan fingerprint density at radius 1 is 1.28 bits per heavy atom. The van der Waals surface area contributed by atoms with E-state index in [-0.39, 0.29) is 12.0 Å². The van der Waals surface area contributed by atoms with Crippen LogP contribution in [0.1, 0.15) is 50.7 Å². The van der Waals surface area contributed by atoms with E-state index in [0.717, 1.165) is 16.8 Å². The van der Waals surface area contributed by atoms with Gasteiger partial charge in [-0.05, 0) is 74.4 Å². The summed E-state index contributed by atoms with van der Waals surface area (Å²) in [6.45, 7) is 7.33. The Labute approximate surface area is 170 Å². The third-order valence-corrected chi connectivity index (χ3v) is 5.34. The van der Waals surface area contributed by atoms with E-state index in [1.807, 2.05) is 32.3 Å². The lowest BCUT2D eigenvalue weighted by Crippen LogP contribution is -2.32. The molecule has 1 unspecified atom stereocenters. The second-order valence-corrected chi connectivity index (χ2v) is 7.69. The minimum atomic E-state index is -0.292. The van der Waals surface area contributed by atoms with Crippen LogP contribution in [0.4, 0.5) is 4.39 Å². The molecule has 29 heavy (non-hydrogen) atoms. The summed E-state index contributed by atoms with van der Waals surface area (Å²) in [4.78, 5) is 13.4. The molecule has 0 spiro atoms. The predicted molar refractivity (Wildman–Crippen MR) is 114 cm³/mol. The Morgan fingerprint density at radius 2 is 2.10 bits per heavy atom. The molecule has 7 heteroatoms. The third kappa shape index (κ3) is 4.72. The smallest absolute Gasteiger partial charge is 0.223 e. The first-order chi connectivity index (χ1) is 14.0. The van der Waals surface area contributed by atoms with Crippen molar-refractivity contribution < 1.29 is 4.39 Å². The Hall–Kier alpha value is -2.96. The van der Waals surface area contributed by atoms with Gasteiger partial charge in [0.05, 0.1) is 12.4 Å². The molecule has 1 atom stereocenters. The minimum Gasteiger partial charge on any atom is -0.337 e. The molecule has 2 aliphatic rings. The van der Waals surface area contributed by atoms with Crippen molar-refractivity contribution in [3.05, 3.63) is 65.3 Å². The molecule has 1 aromatic heterocycles. The molecule has 1 aliphatic heterocycles. The topological polar surface area (TPSA) is 57.8 Å². The molecule has 1 aliphatic carbocycles. The largest absolute Gasteiger partial charge is 0.337 e. The molecule has 152 valence electrons. The summed E-state index contributed by atoms with van der Waals surface area (Å²) in [6, 6.07) is 6.66. The molecular weight excluding hydrogens is 367 g/mol. The van der Waals surface area contributed by atoms with Gasteiger partial charge in [0.2, 0.25) is 5.96 Å². The zero-order chi connectivity index (χ0) is 20.4. The zero-order valence-corrected chi connectivity index (χ0v) is 17.1. The number of benzene rings is 1. The van der Waals surface area contributed by atoms with Gasteiger partial charge in [-0.2, -0.15) is 9.89 Å². The van der Waals surface area contributed by atoms with Crippen molar-refractivity contribution in [1.82, 2.24) is 14.8 Å². The van der Waals surface area contributed by atoms with Crippen LogP contribution in [-0.4, -0.2) is 39.2 Å². The molecule has 1 aromatic carbocycles. The SMILES string of the molecule is CCN(Cc1cccc(F)c1)C1=NC(Nn2cc(C3CC3)cn2)C=C(C)C(C)=N1. The second-order valence-electron chi connectivity index (χ2n) is 7.69. The fourth-order valence-corrected chi connectivity index (χ4v) is 3.35. The number of nitrogens with one attached hydrogen (secondary N) is 1. The number of nitrogens with zero attached hydrogens (tertiary/aromatic N) is 5. The molecule has 2 heterocycles. The van der Waals surface area contributed by atoms with Gasteiger partial charge >= 0.3 is 0 Å². The summed E-state index contributed by atoms with van der Waals surface area (Å²) < 4.78 is 13.6. The van der Waals surface area contributed by atoms with Gasteiger partial charge in [0.15, 0.2) is 6.17 Å². The van der Waals surface area contributed by atoms with E-state index in [9.17, 15) is 4.39 Å². The van der Waals surface area contributed by atoms with Gasteiger partial charge in [0.25, 0.3) is 0 Å². The van der Waals surface area contributed by atoms with Gasteiger partial charge in [-0.3, -0.25) is 5.43 Å². The fourth-order valence-electron chi connectivity index (χ4n) is 3.35. The van der Waals surface area contributed by atoms with Crippen LogP contribution in [0, 0.1) is 5.82 Å². The van der Waals surface area contributed by atoms with Crippen LogP contribution >= 0.6 is 0 Å². The molecule has 0 saturated heterocycles. The van der Waals surface area contributed by atoms with Gasteiger partial charge in [-0.15, -0.1) is 0 Å². The van der Waals surface area contributed by atoms with Crippen molar-refractivity contribution in [3.8, 4) is 0 Å². The summed E-state index contributed by atoms with van der Waals surface area (Å²) in [5.41, 5.74) is 7.49. The van der Waals surface area contributed by atoms with Crippen molar-refractivity contribution in [2.45, 2.75) is 52.2 Å². The highest BCUT2D eigenvalue weighted by atomic mass is 19.1. The number of halogens is 1. The van der Waals surface area contributed by atoms with Crippen LogP contribution in [0.3, 0.4) is 0 Å². The minimum absolute atomic E-state index is 0.233. The maximum Gasteiger partial charge on any atom is 0.223 e. The molecule has 1 N–H and O–H groups in total. The monoisotopic (exact) mass is 394 g/mol. The number of hydrogen-bond acceptors (Lipinski definition) is 5. The molecule has 2 aromatic rings. The van der Waals surface area contributed by atoms with Crippen LogP contribution in [-0.2, 0) is 6.54 Å². The van der Waals surface area contributed by atoms with Crippen LogP contribution in [0.5, 0.6) is 0 Å². The molecule has 0 amide bonds. The van der Waals surface area contributed by atoms with E-state index in [1.165, 1.54) is 24.5 Å². The third-order valence-electron chi connectivity index (χ3n) is 5.34. The number of rotatable bonds is 6. The first-order valence-electron chi connectivity index (χ1n) is 10.1. The highest BCUT2D eigenvalue weighted by Crippen LogP contribution is 2.39. The van der Waals surface area contributed by atoms with E-state index < -0.39 is 0 Å². The van der Waals surface area contributed by atoms with Crippen molar-refractivity contribution in [3.63, 3.8) is 0 Å². The summed E-state index contributed by atoms with van der Waals surface area (Å²) in [7, 11) is 0. The number of hydrogen-bond donors (Lipinski definition) is 1. The Kier molecular flexibility index (Phi) is 5.47. The lowest BCUT2D eigenvalue weighted by atomic mass is 10.2. The Bertz CT molecular complexity index is 969. The summed E-state index contributed by atoms with van der Waals surface area (Å²) >= 11 is 0. The molecule has 1 saturated carbocycles. The molecule has 4 rings (SSSR count). The fraction of sp³-hybridized carbons (Fsp3) is 0.409. The van der Waals surface area contributed by atoms with Gasteiger partial charge in [-0.25, -0.2) is 14.4 Å². The van der Waals surface area contributed by atoms with E-state index in [2.05, 4.69) is 28.4 Å². The second kappa shape index (κ2) is 8.19. The number of aromatic nitrogens is 2. The zero-order valence-electron chi connectivity index (χ0n) is 17.1. The lowest BCUT2D eigenvalue weighted by molar-refractivity contribution is 0.426. The van der Waals surface area contributed by atoms with Crippen molar-refractivity contribution in [1.29, 1.82) is 0 Å². The van der Waals surface area contributed by atoms with E-state index in [1.54, 1.807) is 16.9 Å². The molecule has 0 bridgehead atoms. The van der Waals surface area contributed by atoms with Crippen molar-refractivity contribution >= 4 is 11.7 Å². The standard InChI is InChI=1S/C22H27FN6/c1-4-28(13-17-6-5-7-20(23)11-17)22-25-16(3)15(2)10-21(26-22)27-29-14-19(12-24-29)18-8-9-18/h5-7,10-12,14,18,21,27H,4,8-9,13H2,1-3H3. The lowest BCUT2D eigenvalue weighted by Gasteiger charge is -2.23. The average molecular weight is 394 g/mol. The van der Waals surface area contributed by atoms with Crippen molar-refractivity contribution in [2.24, 2.45) is 9.98 Å². The average Bonchev–Trinajstić information content (AvgIpc) is 3.46. The van der Waals surface area contributed by atoms with Gasteiger partial charge in [0.1, 0.15) is 5.82 Å². The molecular formula is C22H27FN6. The van der Waals surface area contributed by atoms with E-state index in [0.29, 0.717) is 25.0 Å². The highest BCUT2D eigenvalue weighted by Gasteiger charge is 2.25. The maximum absolute atomic E-state index is 13.6. The van der Waals surface area contributed by atoms with Crippen LogP contribution in [0.2, 0.25) is 0 Å². The quantitative estimate of drug-likeness (QED) is 0.804. The summed E-state index contributed by atoms with van der Waals surface area (Å²) in [5, 5.41) is 4.43. The molecule has 1 fully saturated rings. The van der Waals surface area contributed by atoms with E-state index in [4.69, 9.17) is 9.98 Å². The predicted octanol–water partition coefficient (Wildman–Crippen LogP) is 4.07. The highest BCUT2D eigenvalue weighted by molar-refractivity contribution is 6.05. The first kappa shape index (κ1) is 19.4. The Balaban J connectivity index is 1.56. The van der Waals surface area contributed by atoms with Crippen LogP contribution in [0.15, 0.2) is 58.3 Å². The number of aliphatic imine (C=N–C) groups is 2. The van der Waals surface area contributed by atoms with Gasteiger partial charge in [-0.1, -0.05) is 12.1 Å². The molecule has 0 radical (unpaired) electrons. The summed E-state index contributed by atoms with van der Waals surface area (Å²) in [6.07, 6.45) is 8.22. The normalized spacial score (nSPS) is 19.2. The van der Waals surface area contributed by atoms with Crippen LogP contribution < -0.4 is 5.43 Å². The summed E-state index contributed by atoms with van der Waals surface area (Å²) in [5.74, 6) is 1.06. The van der Waals surface area contributed by atoms with Gasteiger partial charge in [0, 0.05) is 18.8 Å². The first-order valence-corrected chi connectivity index (χ1v) is 10.1. The number of guanidine groups is 1. The van der Waals surface area contributed by atoms with E-state index >= 15 is 0 Å². The number of allylic oxidation sites excluding steroid dienone is 1.